The molecule has 1 saturated heterocycles. The molecule has 1 atom stereocenters. The summed E-state index contributed by atoms with van der Waals surface area (Å²) in [6.07, 6.45) is 4.29. The van der Waals surface area contributed by atoms with Crippen LogP contribution in [0.2, 0.25) is 0 Å². The smallest absolute Gasteiger partial charge is 0.338 e. The van der Waals surface area contributed by atoms with Gasteiger partial charge in [0.05, 0.1) is 28.5 Å². The first-order valence-electron chi connectivity index (χ1n) is 13.8. The van der Waals surface area contributed by atoms with Gasteiger partial charge in [-0.05, 0) is 73.7 Å². The Hall–Kier alpha value is -4.30. The maximum Gasteiger partial charge on any atom is 0.338 e. The van der Waals surface area contributed by atoms with Crippen LogP contribution >= 0.6 is 11.3 Å². The fourth-order valence-corrected chi connectivity index (χ4v) is 6.63. The molecule has 41 heavy (non-hydrogen) atoms. The third-order valence-electron chi connectivity index (χ3n) is 7.52. The van der Waals surface area contributed by atoms with Crippen molar-refractivity contribution in [2.45, 2.75) is 32.7 Å². The molecule has 2 aliphatic rings. The van der Waals surface area contributed by atoms with Gasteiger partial charge in [-0.3, -0.25) is 9.36 Å². The van der Waals surface area contributed by atoms with Crippen LogP contribution in [0.3, 0.4) is 0 Å². The summed E-state index contributed by atoms with van der Waals surface area (Å²) in [6.45, 7) is 6.12. The number of hydrogen-bond donors (Lipinski definition) is 0. The van der Waals surface area contributed by atoms with Crippen LogP contribution in [0.5, 0.6) is 0 Å². The van der Waals surface area contributed by atoms with Crippen LogP contribution in [0.25, 0.3) is 11.8 Å². The van der Waals surface area contributed by atoms with E-state index in [4.69, 9.17) is 9.73 Å². The van der Waals surface area contributed by atoms with Crippen LogP contribution in [0.4, 0.5) is 10.1 Å². The molecule has 6 nitrogen and oxygen atoms in total. The molecule has 0 N–H and O–H groups in total. The Morgan fingerprint density at radius 3 is 2.49 bits per heavy atom. The number of aryl methyl sites for hydroxylation is 1. The Morgan fingerprint density at radius 2 is 1.80 bits per heavy atom. The molecule has 8 heteroatoms. The van der Waals surface area contributed by atoms with Crippen molar-refractivity contribution < 1.29 is 13.9 Å². The molecule has 0 saturated carbocycles. The van der Waals surface area contributed by atoms with Crippen LogP contribution in [0, 0.1) is 12.7 Å². The van der Waals surface area contributed by atoms with E-state index < -0.39 is 17.8 Å². The molecule has 0 aliphatic carbocycles. The number of hydrogen-bond acceptors (Lipinski definition) is 6. The molecule has 0 bridgehead atoms. The number of ether oxygens (including phenoxy) is 1. The highest BCUT2D eigenvalue weighted by atomic mass is 32.1. The molecule has 1 fully saturated rings. The minimum atomic E-state index is -0.831. The van der Waals surface area contributed by atoms with E-state index >= 15 is 0 Å². The Bertz CT molecular complexity index is 1820. The van der Waals surface area contributed by atoms with Gasteiger partial charge in [0.15, 0.2) is 4.80 Å². The van der Waals surface area contributed by atoms with Crippen molar-refractivity contribution in [2.75, 3.05) is 24.6 Å². The Morgan fingerprint density at radius 1 is 1.07 bits per heavy atom. The normalized spacial score (nSPS) is 17.0. The van der Waals surface area contributed by atoms with Gasteiger partial charge in [-0.25, -0.2) is 14.2 Å². The summed E-state index contributed by atoms with van der Waals surface area (Å²) in [5.41, 5.74) is 5.05. The van der Waals surface area contributed by atoms with Gasteiger partial charge < -0.3 is 9.64 Å². The van der Waals surface area contributed by atoms with Gasteiger partial charge in [-0.15, -0.1) is 0 Å². The van der Waals surface area contributed by atoms with Crippen LogP contribution in [0.1, 0.15) is 48.1 Å². The van der Waals surface area contributed by atoms with Crippen molar-refractivity contribution in [3.05, 3.63) is 126 Å². The van der Waals surface area contributed by atoms with Crippen LogP contribution in [0.15, 0.2) is 88.2 Å². The summed E-state index contributed by atoms with van der Waals surface area (Å²) in [5, 5.41) is 0. The highest BCUT2D eigenvalue weighted by Gasteiger charge is 2.35. The second-order valence-corrected chi connectivity index (χ2v) is 11.2. The number of halogens is 1. The zero-order valence-electron chi connectivity index (χ0n) is 23.0. The van der Waals surface area contributed by atoms with Crippen molar-refractivity contribution in [1.82, 2.24) is 4.57 Å². The van der Waals surface area contributed by atoms with Crippen LogP contribution in [-0.4, -0.2) is 30.2 Å². The summed E-state index contributed by atoms with van der Waals surface area (Å²) in [6, 6.07) is 20.7. The highest BCUT2D eigenvalue weighted by molar-refractivity contribution is 7.07. The second-order valence-electron chi connectivity index (χ2n) is 10.2. The van der Waals surface area contributed by atoms with Crippen molar-refractivity contribution >= 4 is 34.8 Å². The predicted molar refractivity (Wildman–Crippen MR) is 160 cm³/mol. The number of rotatable bonds is 6. The second kappa shape index (κ2) is 11.3. The van der Waals surface area contributed by atoms with Gasteiger partial charge >= 0.3 is 5.97 Å². The van der Waals surface area contributed by atoms with E-state index in [9.17, 15) is 14.0 Å². The number of thiazole rings is 1. The number of fused-ring (bicyclic) bond motifs is 1. The standard InChI is InChI=1S/C33H30FN3O3S/c1-3-40-32(39)28-29(23-9-5-4-6-10-23)35-33-37(30(28)24-12-14-25(34)15-13-24)31(38)27(41-33)20-22-11-16-26(21(2)19-22)36-17-7-8-18-36/h4-6,9-16,19-20,30H,3,7-8,17-18H2,1-2H3/b27-20+/t30-/m0/s1. The van der Waals surface area contributed by atoms with E-state index in [0.717, 1.165) is 29.8 Å². The lowest BCUT2D eigenvalue weighted by atomic mass is 9.93. The zero-order valence-corrected chi connectivity index (χ0v) is 23.8. The van der Waals surface area contributed by atoms with Gasteiger partial charge in [0.2, 0.25) is 0 Å². The van der Waals surface area contributed by atoms with Crippen LogP contribution in [-0.2, 0) is 9.53 Å². The molecule has 0 unspecified atom stereocenters. The third-order valence-corrected chi connectivity index (χ3v) is 8.51. The first-order valence-corrected chi connectivity index (χ1v) is 14.7. The molecule has 0 spiro atoms. The lowest BCUT2D eigenvalue weighted by molar-refractivity contribution is -0.138. The van der Waals surface area contributed by atoms with E-state index in [-0.39, 0.29) is 17.7 Å². The summed E-state index contributed by atoms with van der Waals surface area (Å²) in [4.78, 5) is 35.2. The average Bonchev–Trinajstić information content (AvgIpc) is 3.62. The fourth-order valence-electron chi connectivity index (χ4n) is 5.63. The Kier molecular flexibility index (Phi) is 7.41. The Labute approximate surface area is 241 Å². The molecule has 6 rings (SSSR count). The SMILES string of the molecule is CCOC(=O)C1=C(c2ccccc2)N=c2s/c(=C/c3ccc(N4CCCC4)c(C)c3)c(=O)n2[C@H]1c1ccc(F)cc1. The quantitative estimate of drug-likeness (QED) is 0.308. The average molecular weight is 568 g/mol. The number of aromatic nitrogens is 1. The van der Waals surface area contributed by atoms with Crippen molar-refractivity contribution in [3.8, 4) is 0 Å². The number of benzene rings is 3. The monoisotopic (exact) mass is 567 g/mol. The van der Waals surface area contributed by atoms with Gasteiger partial charge in [0, 0.05) is 24.3 Å². The summed E-state index contributed by atoms with van der Waals surface area (Å²) >= 11 is 1.28. The number of esters is 1. The number of anilines is 1. The first-order chi connectivity index (χ1) is 19.9. The predicted octanol–water partition coefficient (Wildman–Crippen LogP) is 4.98. The first kappa shape index (κ1) is 26.9. The van der Waals surface area contributed by atoms with Crippen molar-refractivity contribution in [2.24, 2.45) is 4.99 Å². The number of carbonyl (C=O) groups is 1. The molecule has 0 amide bonds. The molecular formula is C33H30FN3O3S. The summed E-state index contributed by atoms with van der Waals surface area (Å²) in [5.74, 6) is -0.967. The molecule has 3 aromatic carbocycles. The number of carbonyl (C=O) groups excluding carboxylic acids is 1. The molecule has 0 radical (unpaired) electrons. The van der Waals surface area contributed by atoms with Gasteiger partial charge in [-0.2, -0.15) is 0 Å². The maximum absolute atomic E-state index is 14.0. The molecule has 208 valence electrons. The van der Waals surface area contributed by atoms with Gasteiger partial charge in [-0.1, -0.05) is 59.9 Å². The van der Waals surface area contributed by atoms with Gasteiger partial charge in [0.25, 0.3) is 5.56 Å². The Balaban J connectivity index is 1.55. The van der Waals surface area contributed by atoms with E-state index in [1.54, 1.807) is 19.1 Å². The van der Waals surface area contributed by atoms with E-state index in [2.05, 4.69) is 24.0 Å². The maximum atomic E-state index is 14.0. The van der Waals surface area contributed by atoms with Gasteiger partial charge in [0.1, 0.15) is 5.82 Å². The largest absolute Gasteiger partial charge is 0.463 e. The molecule has 4 aromatic rings. The van der Waals surface area contributed by atoms with E-state index in [1.165, 1.54) is 46.6 Å². The van der Waals surface area contributed by atoms with Crippen LogP contribution < -0.4 is 19.8 Å². The number of nitrogens with zero attached hydrogens (tertiary/aromatic N) is 3. The molecular weight excluding hydrogens is 537 g/mol. The van der Waals surface area contributed by atoms with Crippen molar-refractivity contribution in [3.63, 3.8) is 0 Å². The fraction of sp³-hybridized carbons (Fsp3) is 0.242. The molecule has 3 heterocycles. The highest BCUT2D eigenvalue weighted by Crippen LogP contribution is 2.35. The van der Waals surface area contributed by atoms with E-state index in [0.29, 0.717) is 20.6 Å². The topological polar surface area (TPSA) is 63.9 Å². The van der Waals surface area contributed by atoms with Crippen molar-refractivity contribution in [1.29, 1.82) is 0 Å². The minimum absolute atomic E-state index is 0.164. The lowest BCUT2D eigenvalue weighted by Gasteiger charge is -2.25. The third kappa shape index (κ3) is 5.15. The van der Waals surface area contributed by atoms with E-state index in [1.807, 2.05) is 42.5 Å². The lowest BCUT2D eigenvalue weighted by Crippen LogP contribution is -2.40. The summed E-state index contributed by atoms with van der Waals surface area (Å²) in [7, 11) is 0. The zero-order chi connectivity index (χ0) is 28.5. The molecule has 2 aliphatic heterocycles. The molecule has 1 aromatic heterocycles. The summed E-state index contributed by atoms with van der Waals surface area (Å²) < 4.78 is 21.5. The minimum Gasteiger partial charge on any atom is -0.463 e.